The molecule has 3 aromatic rings. The molecule has 3 heteroatoms. The Bertz CT molecular complexity index is 677. The standard InChI is InChI=1S/C15H12.CH3NO2/c1-11-14-8-4-2-6-12(14)10-13-7-3-5-9-15(11)13;2-1(3)4/h2-10H,1H3;2H2,(H,3,4). The maximum Gasteiger partial charge on any atom is 0.402 e. The molecule has 0 aromatic heterocycles. The van der Waals surface area contributed by atoms with Crippen molar-refractivity contribution >= 4 is 27.6 Å². The third kappa shape index (κ3) is 2.83. The van der Waals surface area contributed by atoms with E-state index in [1.165, 1.54) is 27.1 Å². The van der Waals surface area contributed by atoms with Gasteiger partial charge in [0.05, 0.1) is 0 Å². The summed E-state index contributed by atoms with van der Waals surface area (Å²) in [4.78, 5) is 8.78. The smallest absolute Gasteiger partial charge is 0.402 e. The third-order valence-electron chi connectivity index (χ3n) is 3.04. The van der Waals surface area contributed by atoms with Crippen LogP contribution in [0.5, 0.6) is 0 Å². The highest BCUT2D eigenvalue weighted by molar-refractivity contribution is 6.01. The molecule has 0 atom stereocenters. The number of hydrogen-bond donors (Lipinski definition) is 2. The first kappa shape index (κ1) is 12.9. The number of rotatable bonds is 0. The average molecular weight is 253 g/mol. The zero-order valence-corrected chi connectivity index (χ0v) is 10.6. The number of primary amides is 1. The van der Waals surface area contributed by atoms with Gasteiger partial charge in [0.2, 0.25) is 0 Å². The predicted octanol–water partition coefficient (Wildman–Crippen LogP) is 3.92. The summed E-state index contributed by atoms with van der Waals surface area (Å²) in [7, 11) is 0. The molecule has 0 fully saturated rings. The molecule has 0 saturated heterocycles. The molecule has 96 valence electrons. The first-order chi connectivity index (χ1) is 9.09. The molecule has 0 spiro atoms. The molecule has 1 amide bonds. The number of benzene rings is 3. The zero-order valence-electron chi connectivity index (χ0n) is 10.6. The highest BCUT2D eigenvalue weighted by Gasteiger charge is 2.01. The number of amides is 1. The first-order valence-corrected chi connectivity index (χ1v) is 5.95. The Labute approximate surface area is 111 Å². The van der Waals surface area contributed by atoms with Gasteiger partial charge in [-0.1, -0.05) is 48.5 Å². The molecule has 3 rings (SSSR count). The number of nitrogens with two attached hydrogens (primary N) is 1. The van der Waals surface area contributed by atoms with Crippen molar-refractivity contribution < 1.29 is 9.90 Å². The summed E-state index contributed by atoms with van der Waals surface area (Å²) in [5, 5.41) is 12.6. The lowest BCUT2D eigenvalue weighted by atomic mass is 9.98. The van der Waals surface area contributed by atoms with E-state index >= 15 is 0 Å². The molecular formula is C16H15NO2. The Balaban J connectivity index is 0.000000297. The number of hydrogen-bond acceptors (Lipinski definition) is 1. The second-order valence-electron chi connectivity index (χ2n) is 4.28. The van der Waals surface area contributed by atoms with Gasteiger partial charge < -0.3 is 10.8 Å². The maximum absolute atomic E-state index is 8.78. The van der Waals surface area contributed by atoms with Gasteiger partial charge in [-0.3, -0.25) is 0 Å². The van der Waals surface area contributed by atoms with E-state index in [1.54, 1.807) is 0 Å². The van der Waals surface area contributed by atoms with E-state index in [2.05, 4.69) is 67.3 Å². The van der Waals surface area contributed by atoms with Crippen molar-refractivity contribution in [2.75, 3.05) is 0 Å². The van der Waals surface area contributed by atoms with Crippen LogP contribution >= 0.6 is 0 Å². The van der Waals surface area contributed by atoms with Crippen LogP contribution in [-0.2, 0) is 0 Å². The topological polar surface area (TPSA) is 63.3 Å². The van der Waals surface area contributed by atoms with Crippen LogP contribution in [0.2, 0.25) is 0 Å². The lowest BCUT2D eigenvalue weighted by Gasteiger charge is -2.06. The van der Waals surface area contributed by atoms with Gasteiger partial charge in [0, 0.05) is 0 Å². The fourth-order valence-corrected chi connectivity index (χ4v) is 2.24. The lowest BCUT2D eigenvalue weighted by Crippen LogP contribution is -2.03. The van der Waals surface area contributed by atoms with Gasteiger partial charge in [0.1, 0.15) is 0 Å². The normalized spacial score (nSPS) is 9.95. The van der Waals surface area contributed by atoms with E-state index in [-0.39, 0.29) is 0 Å². The summed E-state index contributed by atoms with van der Waals surface area (Å²) in [5.41, 5.74) is 5.41. The van der Waals surface area contributed by atoms with Crippen LogP contribution in [0.1, 0.15) is 5.56 Å². The quantitative estimate of drug-likeness (QED) is 0.596. The van der Waals surface area contributed by atoms with Crippen LogP contribution in [0.15, 0.2) is 54.6 Å². The number of carboxylic acid groups (broad SMARTS) is 1. The largest absolute Gasteiger partial charge is 0.465 e. The minimum Gasteiger partial charge on any atom is -0.465 e. The molecule has 19 heavy (non-hydrogen) atoms. The molecule has 3 N–H and O–H groups in total. The minimum absolute atomic E-state index is 1.33. The highest BCUT2D eigenvalue weighted by Crippen LogP contribution is 2.27. The fraction of sp³-hybridized carbons (Fsp3) is 0.0625. The molecule has 0 radical (unpaired) electrons. The molecule has 0 unspecified atom stereocenters. The van der Waals surface area contributed by atoms with Gasteiger partial charge >= 0.3 is 6.09 Å². The van der Waals surface area contributed by atoms with E-state index in [9.17, 15) is 0 Å². The maximum atomic E-state index is 8.78. The zero-order chi connectivity index (χ0) is 13.8. The van der Waals surface area contributed by atoms with Gasteiger partial charge in [0.15, 0.2) is 0 Å². The Morgan fingerprint density at radius 2 is 1.32 bits per heavy atom. The number of carbonyl (C=O) groups is 1. The summed E-state index contributed by atoms with van der Waals surface area (Å²) < 4.78 is 0. The number of fused-ring (bicyclic) bond motifs is 2. The SMILES string of the molecule is Cc1c2ccccc2cc2ccccc12.NC(=O)O. The van der Waals surface area contributed by atoms with Crippen LogP contribution < -0.4 is 5.73 Å². The second-order valence-corrected chi connectivity index (χ2v) is 4.28. The van der Waals surface area contributed by atoms with E-state index in [4.69, 9.17) is 9.90 Å². The summed E-state index contributed by atoms with van der Waals surface area (Å²) >= 11 is 0. The third-order valence-corrected chi connectivity index (χ3v) is 3.04. The van der Waals surface area contributed by atoms with E-state index in [0.717, 1.165) is 0 Å². The molecule has 0 aliphatic carbocycles. The Kier molecular flexibility index (Phi) is 3.66. The lowest BCUT2D eigenvalue weighted by molar-refractivity contribution is 0.205. The van der Waals surface area contributed by atoms with Crippen LogP contribution in [0, 0.1) is 6.92 Å². The summed E-state index contributed by atoms with van der Waals surface area (Å²) in [5.74, 6) is 0. The molecule has 0 heterocycles. The molecule has 3 nitrogen and oxygen atoms in total. The first-order valence-electron chi connectivity index (χ1n) is 5.95. The second kappa shape index (κ2) is 5.40. The number of aryl methyl sites for hydroxylation is 1. The van der Waals surface area contributed by atoms with Gasteiger partial charge in [-0.15, -0.1) is 0 Å². The van der Waals surface area contributed by atoms with Gasteiger partial charge in [0.25, 0.3) is 0 Å². The predicted molar refractivity (Wildman–Crippen MR) is 78.4 cm³/mol. The van der Waals surface area contributed by atoms with Crippen LogP contribution in [-0.4, -0.2) is 11.2 Å². The van der Waals surface area contributed by atoms with E-state index in [1.807, 2.05) is 0 Å². The van der Waals surface area contributed by atoms with E-state index in [0.29, 0.717) is 0 Å². The van der Waals surface area contributed by atoms with Gasteiger partial charge in [-0.05, 0) is 40.1 Å². The van der Waals surface area contributed by atoms with Crippen LogP contribution in [0.4, 0.5) is 4.79 Å². The molecule has 0 bridgehead atoms. The Morgan fingerprint density at radius 1 is 0.947 bits per heavy atom. The summed E-state index contributed by atoms with van der Waals surface area (Å²) in [6, 6.07) is 19.4. The molecule has 0 saturated carbocycles. The van der Waals surface area contributed by atoms with E-state index < -0.39 is 6.09 Å². The Hall–Kier alpha value is -2.55. The molecule has 0 aliphatic heterocycles. The highest BCUT2D eigenvalue weighted by atomic mass is 16.4. The van der Waals surface area contributed by atoms with Gasteiger partial charge in [-0.2, -0.15) is 0 Å². The summed E-state index contributed by atoms with van der Waals surface area (Å²) in [6.07, 6.45) is -1.33. The van der Waals surface area contributed by atoms with Crippen LogP contribution in [0.25, 0.3) is 21.5 Å². The monoisotopic (exact) mass is 253 g/mol. The fourth-order valence-electron chi connectivity index (χ4n) is 2.24. The van der Waals surface area contributed by atoms with Crippen molar-refractivity contribution in [1.82, 2.24) is 0 Å². The minimum atomic E-state index is -1.33. The van der Waals surface area contributed by atoms with Crippen molar-refractivity contribution in [2.24, 2.45) is 5.73 Å². The average Bonchev–Trinajstić information content (AvgIpc) is 2.38. The molecule has 3 aromatic carbocycles. The van der Waals surface area contributed by atoms with Crippen molar-refractivity contribution in [3.05, 3.63) is 60.2 Å². The van der Waals surface area contributed by atoms with Gasteiger partial charge in [-0.25, -0.2) is 4.79 Å². The molecule has 0 aliphatic rings. The van der Waals surface area contributed by atoms with Crippen molar-refractivity contribution in [3.8, 4) is 0 Å². The Morgan fingerprint density at radius 3 is 1.74 bits per heavy atom. The van der Waals surface area contributed by atoms with Crippen molar-refractivity contribution in [3.63, 3.8) is 0 Å². The van der Waals surface area contributed by atoms with Crippen LogP contribution in [0.3, 0.4) is 0 Å². The molecular weight excluding hydrogens is 238 g/mol. The van der Waals surface area contributed by atoms with Crippen molar-refractivity contribution in [2.45, 2.75) is 6.92 Å². The van der Waals surface area contributed by atoms with Crippen molar-refractivity contribution in [1.29, 1.82) is 0 Å². The summed E-state index contributed by atoms with van der Waals surface area (Å²) in [6.45, 7) is 2.20.